The molecule has 1 heterocycles. The number of nitrogens with zero attached hydrogens (tertiary/aromatic N) is 1. The molecule has 1 saturated heterocycles. The molecule has 84 valence electrons. The van der Waals surface area contributed by atoms with E-state index in [9.17, 15) is 0 Å². The molecule has 0 radical (unpaired) electrons. The van der Waals surface area contributed by atoms with E-state index in [0.29, 0.717) is 12.1 Å². The molecule has 0 aromatic heterocycles. The number of benzene rings is 1. The predicted molar refractivity (Wildman–Crippen MR) is 61.8 cm³/mol. The molecule has 0 spiro atoms. The van der Waals surface area contributed by atoms with Crippen molar-refractivity contribution in [2.75, 3.05) is 6.61 Å². The summed E-state index contributed by atoms with van der Waals surface area (Å²) in [5.41, 5.74) is 1.87. The highest BCUT2D eigenvalue weighted by Crippen LogP contribution is 2.13. The Morgan fingerprint density at radius 3 is 3.12 bits per heavy atom. The van der Waals surface area contributed by atoms with Crippen molar-refractivity contribution in [2.45, 2.75) is 32.0 Å². The largest absolute Gasteiger partial charge is 0.377 e. The molecule has 1 aromatic carbocycles. The molecule has 0 bridgehead atoms. The number of ether oxygens (including phenoxy) is 1. The third-order valence-corrected chi connectivity index (χ3v) is 3.00. The Hall–Kier alpha value is -1.37. The molecular formula is C13H16N2O. The lowest BCUT2D eigenvalue weighted by molar-refractivity contribution is 0.113. The second-order valence-corrected chi connectivity index (χ2v) is 4.16. The summed E-state index contributed by atoms with van der Waals surface area (Å²) in [4.78, 5) is 0. The number of nitrogens with one attached hydrogen (secondary N) is 1. The maximum atomic E-state index is 8.79. The predicted octanol–water partition coefficient (Wildman–Crippen LogP) is 1.83. The van der Waals surface area contributed by atoms with E-state index in [4.69, 9.17) is 10.00 Å². The fourth-order valence-electron chi connectivity index (χ4n) is 2.00. The molecule has 16 heavy (non-hydrogen) atoms. The minimum atomic E-state index is 0.291. The van der Waals surface area contributed by atoms with Crippen LogP contribution in [0.25, 0.3) is 0 Å². The van der Waals surface area contributed by atoms with E-state index in [1.807, 2.05) is 24.3 Å². The fourth-order valence-corrected chi connectivity index (χ4v) is 2.00. The van der Waals surface area contributed by atoms with Gasteiger partial charge in [0.25, 0.3) is 0 Å². The maximum Gasteiger partial charge on any atom is 0.0991 e. The van der Waals surface area contributed by atoms with Gasteiger partial charge < -0.3 is 10.1 Å². The molecule has 0 amide bonds. The van der Waals surface area contributed by atoms with Crippen molar-refractivity contribution in [2.24, 2.45) is 0 Å². The number of nitriles is 1. The molecule has 1 aliphatic rings. The van der Waals surface area contributed by atoms with E-state index in [2.05, 4.69) is 18.3 Å². The summed E-state index contributed by atoms with van der Waals surface area (Å²) >= 11 is 0. The van der Waals surface area contributed by atoms with E-state index < -0.39 is 0 Å². The van der Waals surface area contributed by atoms with Crippen molar-refractivity contribution in [3.05, 3.63) is 35.4 Å². The van der Waals surface area contributed by atoms with Crippen LogP contribution in [-0.2, 0) is 11.3 Å². The maximum absolute atomic E-state index is 8.79. The topological polar surface area (TPSA) is 45.0 Å². The highest BCUT2D eigenvalue weighted by atomic mass is 16.5. The molecule has 0 saturated carbocycles. The smallest absolute Gasteiger partial charge is 0.0991 e. The summed E-state index contributed by atoms with van der Waals surface area (Å²) in [5, 5.41) is 12.3. The normalized spacial score (nSPS) is 24.2. The zero-order valence-corrected chi connectivity index (χ0v) is 9.44. The Morgan fingerprint density at radius 1 is 1.56 bits per heavy atom. The van der Waals surface area contributed by atoms with E-state index in [1.165, 1.54) is 0 Å². The molecule has 1 aliphatic heterocycles. The van der Waals surface area contributed by atoms with Gasteiger partial charge in [-0.15, -0.1) is 0 Å². The van der Waals surface area contributed by atoms with E-state index in [0.717, 1.165) is 30.7 Å². The van der Waals surface area contributed by atoms with Gasteiger partial charge in [0.15, 0.2) is 0 Å². The molecule has 3 nitrogen and oxygen atoms in total. The van der Waals surface area contributed by atoms with Crippen LogP contribution >= 0.6 is 0 Å². The molecule has 0 aliphatic carbocycles. The Morgan fingerprint density at radius 2 is 2.44 bits per heavy atom. The van der Waals surface area contributed by atoms with E-state index in [1.54, 1.807) is 0 Å². The lowest BCUT2D eigenvalue weighted by atomic mass is 10.1. The van der Waals surface area contributed by atoms with Crippen molar-refractivity contribution in [1.82, 2.24) is 5.32 Å². The van der Waals surface area contributed by atoms with Crippen LogP contribution in [0.15, 0.2) is 24.3 Å². The quantitative estimate of drug-likeness (QED) is 0.838. The molecule has 1 aromatic rings. The van der Waals surface area contributed by atoms with Crippen LogP contribution in [0, 0.1) is 11.3 Å². The first-order valence-corrected chi connectivity index (χ1v) is 5.63. The van der Waals surface area contributed by atoms with Gasteiger partial charge in [0, 0.05) is 19.2 Å². The highest BCUT2D eigenvalue weighted by Gasteiger charge is 2.23. The molecule has 1 N–H and O–H groups in total. The van der Waals surface area contributed by atoms with Gasteiger partial charge in [-0.2, -0.15) is 5.26 Å². The molecule has 2 unspecified atom stereocenters. The minimum absolute atomic E-state index is 0.291. The first-order valence-electron chi connectivity index (χ1n) is 5.63. The summed E-state index contributed by atoms with van der Waals surface area (Å²) in [6.45, 7) is 3.74. The number of rotatable bonds is 3. The van der Waals surface area contributed by atoms with Crippen LogP contribution in [-0.4, -0.2) is 18.8 Å². The highest BCUT2D eigenvalue weighted by molar-refractivity contribution is 5.32. The van der Waals surface area contributed by atoms with Crippen molar-refractivity contribution in [3.63, 3.8) is 0 Å². The Bertz CT molecular complexity index is 397. The minimum Gasteiger partial charge on any atom is -0.377 e. The van der Waals surface area contributed by atoms with Crippen LogP contribution in [0.5, 0.6) is 0 Å². The Kier molecular flexibility index (Phi) is 3.55. The van der Waals surface area contributed by atoms with Crippen molar-refractivity contribution < 1.29 is 4.74 Å². The first kappa shape index (κ1) is 11.1. The third-order valence-electron chi connectivity index (χ3n) is 3.00. The second-order valence-electron chi connectivity index (χ2n) is 4.16. The van der Waals surface area contributed by atoms with Crippen LogP contribution in [0.1, 0.15) is 24.5 Å². The third kappa shape index (κ3) is 2.60. The molecular weight excluding hydrogens is 200 g/mol. The van der Waals surface area contributed by atoms with Gasteiger partial charge in [-0.25, -0.2) is 0 Å². The van der Waals surface area contributed by atoms with Crippen LogP contribution in [0.4, 0.5) is 0 Å². The molecule has 3 heteroatoms. The summed E-state index contributed by atoms with van der Waals surface area (Å²) < 4.78 is 5.48. The zero-order valence-electron chi connectivity index (χ0n) is 9.44. The number of hydrogen-bond acceptors (Lipinski definition) is 3. The van der Waals surface area contributed by atoms with E-state index >= 15 is 0 Å². The van der Waals surface area contributed by atoms with Gasteiger partial charge in [0.2, 0.25) is 0 Å². The second kappa shape index (κ2) is 5.11. The van der Waals surface area contributed by atoms with E-state index in [-0.39, 0.29) is 0 Å². The monoisotopic (exact) mass is 216 g/mol. The zero-order chi connectivity index (χ0) is 11.4. The van der Waals surface area contributed by atoms with Gasteiger partial charge >= 0.3 is 0 Å². The molecule has 2 rings (SSSR count). The van der Waals surface area contributed by atoms with Gasteiger partial charge in [0.05, 0.1) is 17.7 Å². The van der Waals surface area contributed by atoms with Gasteiger partial charge in [-0.1, -0.05) is 12.1 Å². The van der Waals surface area contributed by atoms with Crippen LogP contribution < -0.4 is 5.32 Å². The summed E-state index contributed by atoms with van der Waals surface area (Å²) in [7, 11) is 0. The molecule has 1 fully saturated rings. The summed E-state index contributed by atoms with van der Waals surface area (Å²) in [6.07, 6.45) is 1.36. The SMILES string of the molecule is CC1OCCC1NCc1cccc(C#N)c1. The average Bonchev–Trinajstić information content (AvgIpc) is 2.72. The first-order chi connectivity index (χ1) is 7.79. The summed E-state index contributed by atoms with van der Waals surface area (Å²) in [5.74, 6) is 0. The fraction of sp³-hybridized carbons (Fsp3) is 0.462. The standard InChI is InChI=1S/C13H16N2O/c1-10-13(5-6-16-10)15-9-12-4-2-3-11(7-12)8-14/h2-4,7,10,13,15H,5-6,9H2,1H3. The van der Waals surface area contributed by atoms with Crippen molar-refractivity contribution >= 4 is 0 Å². The summed E-state index contributed by atoms with van der Waals surface area (Å²) in [6, 6.07) is 10.3. The lowest BCUT2D eigenvalue weighted by Gasteiger charge is -2.15. The van der Waals surface area contributed by atoms with Crippen LogP contribution in [0.3, 0.4) is 0 Å². The molecule has 2 atom stereocenters. The van der Waals surface area contributed by atoms with Crippen molar-refractivity contribution in [1.29, 1.82) is 5.26 Å². The number of hydrogen-bond donors (Lipinski definition) is 1. The van der Waals surface area contributed by atoms with Gasteiger partial charge in [-0.05, 0) is 31.0 Å². The van der Waals surface area contributed by atoms with Crippen LogP contribution in [0.2, 0.25) is 0 Å². The van der Waals surface area contributed by atoms with Crippen molar-refractivity contribution in [3.8, 4) is 6.07 Å². The Balaban J connectivity index is 1.92. The van der Waals surface area contributed by atoms with Gasteiger partial charge in [-0.3, -0.25) is 0 Å². The van der Waals surface area contributed by atoms with Gasteiger partial charge in [0.1, 0.15) is 0 Å². The Labute approximate surface area is 96.0 Å². The lowest BCUT2D eigenvalue weighted by Crippen LogP contribution is -2.34. The average molecular weight is 216 g/mol.